The molecule has 0 saturated carbocycles. The third-order valence-electron chi connectivity index (χ3n) is 4.18. The summed E-state index contributed by atoms with van der Waals surface area (Å²) in [6, 6.07) is 4.86. The minimum atomic E-state index is 0.521. The Bertz CT molecular complexity index is 403. The molecule has 1 fully saturated rings. The summed E-state index contributed by atoms with van der Waals surface area (Å²) in [5.74, 6) is 2.73. The number of hydrogen-bond acceptors (Lipinski definition) is 3. The van der Waals surface area contributed by atoms with E-state index in [4.69, 9.17) is 0 Å². The predicted molar refractivity (Wildman–Crippen MR) is 81.4 cm³/mol. The van der Waals surface area contributed by atoms with Crippen LogP contribution in [0, 0.1) is 11.8 Å². The monoisotopic (exact) mass is 261 g/mol. The van der Waals surface area contributed by atoms with E-state index in [-0.39, 0.29) is 0 Å². The standard InChI is InChI=1S/C16H27N3/c1-12(2)18-10-15-5-7-17-16(9-15)19-8-6-13(3)14(4)11-19/h5,7,9,12-14,18H,6,8,10-11H2,1-4H3. The van der Waals surface area contributed by atoms with Crippen LogP contribution in [-0.2, 0) is 6.54 Å². The average molecular weight is 261 g/mol. The van der Waals surface area contributed by atoms with E-state index in [9.17, 15) is 0 Å². The van der Waals surface area contributed by atoms with Crippen molar-refractivity contribution in [2.45, 2.75) is 46.7 Å². The molecule has 2 heterocycles. The van der Waals surface area contributed by atoms with Gasteiger partial charge in [-0.3, -0.25) is 0 Å². The second-order valence-corrected chi connectivity index (χ2v) is 6.25. The molecule has 3 nitrogen and oxygen atoms in total. The summed E-state index contributed by atoms with van der Waals surface area (Å²) in [6.45, 7) is 12.3. The highest BCUT2D eigenvalue weighted by Gasteiger charge is 2.23. The molecule has 1 N–H and O–H groups in total. The van der Waals surface area contributed by atoms with Crippen LogP contribution in [0.3, 0.4) is 0 Å². The van der Waals surface area contributed by atoms with Crippen LogP contribution >= 0.6 is 0 Å². The van der Waals surface area contributed by atoms with Crippen molar-refractivity contribution < 1.29 is 0 Å². The maximum Gasteiger partial charge on any atom is 0.128 e. The molecule has 0 aromatic carbocycles. The second-order valence-electron chi connectivity index (χ2n) is 6.25. The average Bonchev–Trinajstić information content (AvgIpc) is 2.40. The van der Waals surface area contributed by atoms with Crippen molar-refractivity contribution >= 4 is 5.82 Å². The summed E-state index contributed by atoms with van der Waals surface area (Å²) in [6.07, 6.45) is 3.21. The summed E-state index contributed by atoms with van der Waals surface area (Å²) in [5.41, 5.74) is 1.32. The van der Waals surface area contributed by atoms with Gasteiger partial charge in [0, 0.05) is 31.9 Å². The van der Waals surface area contributed by atoms with Gasteiger partial charge >= 0.3 is 0 Å². The molecule has 3 heteroatoms. The lowest BCUT2D eigenvalue weighted by Gasteiger charge is -2.36. The van der Waals surface area contributed by atoms with E-state index >= 15 is 0 Å². The SMILES string of the molecule is CC(C)NCc1ccnc(N2CCC(C)C(C)C2)c1. The van der Waals surface area contributed by atoms with Crippen LogP contribution in [0.5, 0.6) is 0 Å². The summed E-state index contributed by atoms with van der Waals surface area (Å²) in [5, 5.41) is 3.46. The Morgan fingerprint density at radius 1 is 1.37 bits per heavy atom. The summed E-state index contributed by atoms with van der Waals surface area (Å²) in [7, 11) is 0. The van der Waals surface area contributed by atoms with Crippen molar-refractivity contribution in [1.82, 2.24) is 10.3 Å². The van der Waals surface area contributed by atoms with Crippen molar-refractivity contribution in [3.05, 3.63) is 23.9 Å². The van der Waals surface area contributed by atoms with Crippen LogP contribution < -0.4 is 10.2 Å². The lowest BCUT2D eigenvalue weighted by Crippen LogP contribution is -2.38. The van der Waals surface area contributed by atoms with Gasteiger partial charge < -0.3 is 10.2 Å². The Morgan fingerprint density at radius 2 is 2.16 bits per heavy atom. The Kier molecular flexibility index (Phi) is 4.81. The first-order valence-electron chi connectivity index (χ1n) is 7.49. The number of rotatable bonds is 4. The first-order chi connectivity index (χ1) is 9.06. The zero-order chi connectivity index (χ0) is 13.8. The van der Waals surface area contributed by atoms with Gasteiger partial charge in [-0.2, -0.15) is 0 Å². The highest BCUT2D eigenvalue weighted by Crippen LogP contribution is 2.26. The molecular weight excluding hydrogens is 234 g/mol. The van der Waals surface area contributed by atoms with Crippen LogP contribution in [-0.4, -0.2) is 24.1 Å². The third-order valence-corrected chi connectivity index (χ3v) is 4.18. The quantitative estimate of drug-likeness (QED) is 0.903. The molecule has 19 heavy (non-hydrogen) atoms. The molecule has 106 valence electrons. The maximum absolute atomic E-state index is 4.55. The van der Waals surface area contributed by atoms with Crippen LogP contribution in [0.2, 0.25) is 0 Å². The molecule has 1 aromatic heterocycles. The molecule has 0 aliphatic carbocycles. The smallest absolute Gasteiger partial charge is 0.128 e. The number of pyridine rings is 1. The topological polar surface area (TPSA) is 28.2 Å². The van der Waals surface area contributed by atoms with Crippen molar-refractivity contribution in [3.8, 4) is 0 Å². The fraction of sp³-hybridized carbons (Fsp3) is 0.688. The molecule has 2 atom stereocenters. The van der Waals surface area contributed by atoms with Gasteiger partial charge in [0.25, 0.3) is 0 Å². The van der Waals surface area contributed by atoms with E-state index in [0.717, 1.165) is 37.3 Å². The normalized spacial score (nSPS) is 23.9. The first-order valence-corrected chi connectivity index (χ1v) is 7.49. The van der Waals surface area contributed by atoms with Crippen LogP contribution in [0.4, 0.5) is 5.82 Å². The number of piperidine rings is 1. The molecule has 2 rings (SSSR count). The Morgan fingerprint density at radius 3 is 2.84 bits per heavy atom. The van der Waals surface area contributed by atoms with Crippen molar-refractivity contribution in [2.24, 2.45) is 11.8 Å². The lowest BCUT2D eigenvalue weighted by atomic mass is 9.89. The van der Waals surface area contributed by atoms with Gasteiger partial charge in [-0.25, -0.2) is 4.98 Å². The number of nitrogens with zero attached hydrogens (tertiary/aromatic N) is 2. The fourth-order valence-electron chi connectivity index (χ4n) is 2.54. The van der Waals surface area contributed by atoms with E-state index in [1.165, 1.54) is 12.0 Å². The fourth-order valence-corrected chi connectivity index (χ4v) is 2.54. The van der Waals surface area contributed by atoms with Crippen molar-refractivity contribution in [2.75, 3.05) is 18.0 Å². The Hall–Kier alpha value is -1.09. The van der Waals surface area contributed by atoms with Gasteiger partial charge in [0.1, 0.15) is 5.82 Å². The zero-order valence-electron chi connectivity index (χ0n) is 12.7. The summed E-state index contributed by atoms with van der Waals surface area (Å²) < 4.78 is 0. The molecule has 0 amide bonds. The van der Waals surface area contributed by atoms with E-state index in [1.807, 2.05) is 6.20 Å². The van der Waals surface area contributed by atoms with E-state index in [0.29, 0.717) is 6.04 Å². The van der Waals surface area contributed by atoms with Crippen molar-refractivity contribution in [1.29, 1.82) is 0 Å². The van der Waals surface area contributed by atoms with Gasteiger partial charge in [0.15, 0.2) is 0 Å². The number of nitrogens with one attached hydrogen (secondary N) is 1. The van der Waals surface area contributed by atoms with Crippen LogP contribution in [0.25, 0.3) is 0 Å². The first kappa shape index (κ1) is 14.3. The molecule has 1 aromatic rings. The second kappa shape index (κ2) is 6.38. The van der Waals surface area contributed by atoms with E-state index in [1.54, 1.807) is 0 Å². The van der Waals surface area contributed by atoms with Crippen LogP contribution in [0.1, 0.15) is 39.7 Å². The Balaban J connectivity index is 2.02. The number of aromatic nitrogens is 1. The highest BCUT2D eigenvalue weighted by molar-refractivity contribution is 5.41. The summed E-state index contributed by atoms with van der Waals surface area (Å²) >= 11 is 0. The molecule has 2 unspecified atom stereocenters. The highest BCUT2D eigenvalue weighted by atomic mass is 15.2. The molecule has 1 aliphatic heterocycles. The van der Waals surface area contributed by atoms with Gasteiger partial charge in [-0.15, -0.1) is 0 Å². The molecule has 1 saturated heterocycles. The van der Waals surface area contributed by atoms with Crippen LogP contribution in [0.15, 0.2) is 18.3 Å². The minimum absolute atomic E-state index is 0.521. The van der Waals surface area contributed by atoms with E-state index < -0.39 is 0 Å². The molecule has 0 radical (unpaired) electrons. The number of anilines is 1. The number of hydrogen-bond donors (Lipinski definition) is 1. The van der Waals surface area contributed by atoms with Crippen molar-refractivity contribution in [3.63, 3.8) is 0 Å². The van der Waals surface area contributed by atoms with Gasteiger partial charge in [0.2, 0.25) is 0 Å². The molecule has 0 bridgehead atoms. The van der Waals surface area contributed by atoms with Gasteiger partial charge in [-0.1, -0.05) is 27.7 Å². The molecule has 0 spiro atoms. The summed E-state index contributed by atoms with van der Waals surface area (Å²) in [4.78, 5) is 6.98. The molecule has 1 aliphatic rings. The predicted octanol–water partition coefficient (Wildman–Crippen LogP) is 3.06. The lowest BCUT2D eigenvalue weighted by molar-refractivity contribution is 0.323. The Labute approximate surface area is 117 Å². The largest absolute Gasteiger partial charge is 0.356 e. The van der Waals surface area contributed by atoms with Gasteiger partial charge in [0.05, 0.1) is 0 Å². The maximum atomic E-state index is 4.55. The van der Waals surface area contributed by atoms with Gasteiger partial charge in [-0.05, 0) is 36.0 Å². The zero-order valence-corrected chi connectivity index (χ0v) is 12.7. The molecular formula is C16H27N3. The third kappa shape index (κ3) is 3.93. The van der Waals surface area contributed by atoms with E-state index in [2.05, 4.69) is 55.0 Å². The minimum Gasteiger partial charge on any atom is -0.356 e.